The van der Waals surface area contributed by atoms with Crippen LogP contribution < -0.4 is 4.74 Å². The van der Waals surface area contributed by atoms with E-state index in [9.17, 15) is 9.59 Å². The maximum Gasteiger partial charge on any atom is 0.337 e. The third kappa shape index (κ3) is 2.61. The topological polar surface area (TPSA) is 63.6 Å². The Morgan fingerprint density at radius 3 is 2.33 bits per heavy atom. The predicted molar refractivity (Wildman–Crippen MR) is 54.7 cm³/mol. The number of benzene rings is 1. The van der Waals surface area contributed by atoms with E-state index in [1.807, 2.05) is 0 Å². The number of rotatable bonds is 2. The number of hydrogen-bond acceptors (Lipinski definition) is 3. The Kier molecular flexibility index (Phi) is 3.55. The molecular formula is C9H6Cl2O4. The summed E-state index contributed by atoms with van der Waals surface area (Å²) in [5.41, 5.74) is -0.141. The molecule has 1 rings (SSSR count). The first-order valence-electron chi connectivity index (χ1n) is 3.83. The minimum absolute atomic E-state index is 0.0409. The van der Waals surface area contributed by atoms with Gasteiger partial charge in [-0.2, -0.15) is 0 Å². The largest absolute Gasteiger partial charge is 0.478 e. The molecule has 4 nitrogen and oxygen atoms in total. The van der Waals surface area contributed by atoms with Crippen molar-refractivity contribution in [2.24, 2.45) is 0 Å². The van der Waals surface area contributed by atoms with Gasteiger partial charge in [0, 0.05) is 6.92 Å². The number of halogens is 2. The molecule has 1 aromatic carbocycles. The number of esters is 1. The summed E-state index contributed by atoms with van der Waals surface area (Å²) in [6.45, 7) is 1.20. The highest BCUT2D eigenvalue weighted by Crippen LogP contribution is 2.34. The lowest BCUT2D eigenvalue weighted by Crippen LogP contribution is -2.04. The number of aromatic carboxylic acids is 1. The molecule has 0 radical (unpaired) electrons. The first kappa shape index (κ1) is 11.8. The zero-order valence-corrected chi connectivity index (χ0v) is 9.09. The van der Waals surface area contributed by atoms with Crippen LogP contribution in [0.15, 0.2) is 12.1 Å². The normalized spacial score (nSPS) is 9.80. The maximum absolute atomic E-state index is 10.7. The van der Waals surface area contributed by atoms with Crippen molar-refractivity contribution in [3.63, 3.8) is 0 Å². The Morgan fingerprint density at radius 2 is 1.87 bits per heavy atom. The molecule has 0 unspecified atom stereocenters. The van der Waals surface area contributed by atoms with E-state index in [1.165, 1.54) is 19.1 Å². The van der Waals surface area contributed by atoms with Crippen LogP contribution in [0.2, 0.25) is 10.0 Å². The van der Waals surface area contributed by atoms with Gasteiger partial charge in [0.25, 0.3) is 0 Å². The molecule has 1 N–H and O–H groups in total. The molecule has 80 valence electrons. The Labute approximate surface area is 95.4 Å². The number of carboxylic acids is 1. The zero-order chi connectivity index (χ0) is 11.6. The molecule has 0 amide bonds. The van der Waals surface area contributed by atoms with Crippen molar-refractivity contribution in [2.75, 3.05) is 0 Å². The van der Waals surface area contributed by atoms with E-state index >= 15 is 0 Å². The van der Waals surface area contributed by atoms with Gasteiger partial charge in [-0.05, 0) is 12.1 Å². The van der Waals surface area contributed by atoms with Crippen molar-refractivity contribution < 1.29 is 19.4 Å². The van der Waals surface area contributed by atoms with E-state index in [-0.39, 0.29) is 21.4 Å². The highest BCUT2D eigenvalue weighted by Gasteiger charge is 2.16. The van der Waals surface area contributed by atoms with E-state index in [0.29, 0.717) is 0 Å². The summed E-state index contributed by atoms with van der Waals surface area (Å²) in [5, 5.41) is 8.47. The van der Waals surface area contributed by atoms with Crippen LogP contribution in [-0.2, 0) is 4.79 Å². The van der Waals surface area contributed by atoms with E-state index < -0.39 is 11.9 Å². The van der Waals surface area contributed by atoms with Gasteiger partial charge < -0.3 is 9.84 Å². The van der Waals surface area contributed by atoms with Crippen LogP contribution in [0.25, 0.3) is 0 Å². The Balaban J connectivity index is 3.21. The van der Waals surface area contributed by atoms with Gasteiger partial charge in [-0.25, -0.2) is 4.79 Å². The number of carboxylic acid groups (broad SMARTS) is 1. The molecular weight excluding hydrogens is 243 g/mol. The third-order valence-electron chi connectivity index (χ3n) is 1.53. The SMILES string of the molecule is CC(=O)Oc1ccc(C(=O)O)c(Cl)c1Cl. The molecule has 0 saturated heterocycles. The second-order valence-electron chi connectivity index (χ2n) is 2.64. The van der Waals surface area contributed by atoms with Crippen molar-refractivity contribution in [1.82, 2.24) is 0 Å². The Morgan fingerprint density at radius 1 is 1.27 bits per heavy atom. The predicted octanol–water partition coefficient (Wildman–Crippen LogP) is 2.62. The van der Waals surface area contributed by atoms with Gasteiger partial charge in [0.05, 0.1) is 10.6 Å². The first-order chi connectivity index (χ1) is 6.93. The molecule has 0 aliphatic heterocycles. The second-order valence-corrected chi connectivity index (χ2v) is 3.39. The highest BCUT2D eigenvalue weighted by molar-refractivity contribution is 6.44. The third-order valence-corrected chi connectivity index (χ3v) is 2.40. The average Bonchev–Trinajstić information content (AvgIpc) is 2.12. The summed E-state index contributed by atoms with van der Waals surface area (Å²) in [4.78, 5) is 21.3. The Hall–Kier alpha value is -1.26. The van der Waals surface area contributed by atoms with Crippen LogP contribution in [0.5, 0.6) is 5.75 Å². The average molecular weight is 249 g/mol. The van der Waals surface area contributed by atoms with E-state index in [1.54, 1.807) is 0 Å². The van der Waals surface area contributed by atoms with Crippen LogP contribution in [0.4, 0.5) is 0 Å². The van der Waals surface area contributed by atoms with E-state index in [4.69, 9.17) is 33.0 Å². The van der Waals surface area contributed by atoms with Crippen LogP contribution in [-0.4, -0.2) is 17.0 Å². The molecule has 0 fully saturated rings. The van der Waals surface area contributed by atoms with Crippen LogP contribution in [0.1, 0.15) is 17.3 Å². The number of carbonyl (C=O) groups excluding carboxylic acids is 1. The van der Waals surface area contributed by atoms with E-state index in [2.05, 4.69) is 0 Å². The lowest BCUT2D eigenvalue weighted by molar-refractivity contribution is -0.131. The first-order valence-corrected chi connectivity index (χ1v) is 4.58. The fraction of sp³-hybridized carbons (Fsp3) is 0.111. The summed E-state index contributed by atoms with van der Waals surface area (Å²) in [7, 11) is 0. The van der Waals surface area contributed by atoms with Crippen LogP contribution >= 0.6 is 23.2 Å². The molecule has 0 heterocycles. The molecule has 0 aliphatic rings. The van der Waals surface area contributed by atoms with Gasteiger partial charge in [0.1, 0.15) is 5.02 Å². The minimum atomic E-state index is -1.20. The monoisotopic (exact) mass is 248 g/mol. The lowest BCUT2D eigenvalue weighted by atomic mass is 10.2. The smallest absolute Gasteiger partial charge is 0.337 e. The molecule has 6 heteroatoms. The zero-order valence-electron chi connectivity index (χ0n) is 7.58. The molecule has 15 heavy (non-hydrogen) atoms. The molecule has 0 spiro atoms. The summed E-state index contributed by atoms with van der Waals surface area (Å²) < 4.78 is 4.71. The molecule has 0 bridgehead atoms. The van der Waals surface area contributed by atoms with E-state index in [0.717, 1.165) is 0 Å². The minimum Gasteiger partial charge on any atom is -0.478 e. The van der Waals surface area contributed by atoms with Crippen LogP contribution in [0, 0.1) is 0 Å². The van der Waals surface area contributed by atoms with Gasteiger partial charge in [-0.15, -0.1) is 0 Å². The van der Waals surface area contributed by atoms with Gasteiger partial charge in [0.15, 0.2) is 5.75 Å². The van der Waals surface area contributed by atoms with Gasteiger partial charge in [0.2, 0.25) is 0 Å². The number of ether oxygens (including phenoxy) is 1. The number of hydrogen-bond donors (Lipinski definition) is 1. The summed E-state index contributed by atoms with van der Waals surface area (Å²) >= 11 is 11.4. The molecule has 0 saturated carbocycles. The lowest BCUT2D eigenvalue weighted by Gasteiger charge is -2.06. The van der Waals surface area contributed by atoms with Crippen molar-refractivity contribution in [3.05, 3.63) is 27.7 Å². The molecule has 0 atom stereocenters. The highest BCUT2D eigenvalue weighted by atomic mass is 35.5. The van der Waals surface area contributed by atoms with Crippen molar-refractivity contribution in [3.8, 4) is 5.75 Å². The summed E-state index contributed by atoms with van der Waals surface area (Å²) in [6.07, 6.45) is 0. The fourth-order valence-electron chi connectivity index (χ4n) is 0.931. The van der Waals surface area contributed by atoms with Gasteiger partial charge >= 0.3 is 11.9 Å². The van der Waals surface area contributed by atoms with Crippen LogP contribution in [0.3, 0.4) is 0 Å². The standard InChI is InChI=1S/C9H6Cl2O4/c1-4(12)15-6-3-2-5(9(13)14)7(10)8(6)11/h2-3H,1H3,(H,13,14). The quantitative estimate of drug-likeness (QED) is 0.646. The number of carbonyl (C=O) groups is 2. The maximum atomic E-state index is 10.7. The van der Waals surface area contributed by atoms with Gasteiger partial charge in [-0.1, -0.05) is 23.2 Å². The molecule has 0 aromatic heterocycles. The Bertz CT molecular complexity index is 428. The molecule has 0 aliphatic carbocycles. The van der Waals surface area contributed by atoms with Crippen molar-refractivity contribution in [1.29, 1.82) is 0 Å². The second kappa shape index (κ2) is 4.51. The van der Waals surface area contributed by atoms with Crippen molar-refractivity contribution in [2.45, 2.75) is 6.92 Å². The fourth-order valence-corrected chi connectivity index (χ4v) is 1.37. The molecule has 1 aromatic rings. The summed E-state index contributed by atoms with van der Waals surface area (Å²) in [6, 6.07) is 2.49. The van der Waals surface area contributed by atoms with Crippen molar-refractivity contribution >= 4 is 35.1 Å². The summed E-state index contributed by atoms with van der Waals surface area (Å²) in [5.74, 6) is -1.72. The van der Waals surface area contributed by atoms with Gasteiger partial charge in [-0.3, -0.25) is 4.79 Å².